The number of aromatic nitrogens is 4. The average molecular weight is 302 g/mol. The molecule has 2 aromatic rings. The molecule has 0 spiro atoms. The van der Waals surface area contributed by atoms with Crippen molar-refractivity contribution in [3.05, 3.63) is 35.7 Å². The summed E-state index contributed by atoms with van der Waals surface area (Å²) in [6.07, 6.45) is 0.646. The van der Waals surface area contributed by atoms with Crippen molar-refractivity contribution in [3.8, 4) is 0 Å². The Hall–Kier alpha value is -2.77. The van der Waals surface area contributed by atoms with Gasteiger partial charge in [0.15, 0.2) is 5.82 Å². The summed E-state index contributed by atoms with van der Waals surface area (Å²) in [5.41, 5.74) is 1.05. The number of aryl methyl sites for hydroxylation is 1. The van der Waals surface area contributed by atoms with Crippen LogP contribution >= 0.6 is 0 Å². The van der Waals surface area contributed by atoms with E-state index in [1.165, 1.54) is 4.68 Å². The number of rotatable bonds is 6. The maximum Gasteiger partial charge on any atom is 0.251 e. The first-order chi connectivity index (χ1) is 10.6. The normalized spacial score (nSPS) is 10.3. The number of hydrogen-bond acceptors (Lipinski definition) is 5. The monoisotopic (exact) mass is 302 g/mol. The van der Waals surface area contributed by atoms with E-state index in [2.05, 4.69) is 26.2 Å². The van der Waals surface area contributed by atoms with E-state index in [0.29, 0.717) is 30.0 Å². The summed E-state index contributed by atoms with van der Waals surface area (Å²) in [5.74, 6) is 0.216. The molecule has 2 N–H and O–H groups in total. The Morgan fingerprint density at radius 3 is 2.82 bits per heavy atom. The zero-order chi connectivity index (χ0) is 15.9. The number of hydrogen-bond donors (Lipinski definition) is 2. The molecule has 2 rings (SSSR count). The van der Waals surface area contributed by atoms with Gasteiger partial charge in [-0.1, -0.05) is 13.0 Å². The van der Waals surface area contributed by atoms with E-state index in [1.54, 1.807) is 24.3 Å². The Bertz CT molecular complexity index is 667. The van der Waals surface area contributed by atoms with E-state index in [0.717, 1.165) is 0 Å². The molecule has 0 radical (unpaired) electrons. The Morgan fingerprint density at radius 1 is 1.27 bits per heavy atom. The van der Waals surface area contributed by atoms with Crippen LogP contribution in [0.25, 0.3) is 0 Å². The summed E-state index contributed by atoms with van der Waals surface area (Å²) in [5, 5.41) is 16.6. The maximum absolute atomic E-state index is 12.0. The first-order valence-corrected chi connectivity index (χ1v) is 7.07. The number of carbonyl (C=O) groups is 2. The highest BCUT2D eigenvalue weighted by molar-refractivity contribution is 5.97. The van der Waals surface area contributed by atoms with Crippen LogP contribution < -0.4 is 10.6 Å². The molecule has 1 heterocycles. The fraction of sp³-hybridized carbons (Fsp3) is 0.357. The molecule has 8 heteroatoms. The number of nitrogens with zero attached hydrogens (tertiary/aromatic N) is 4. The third-order valence-electron chi connectivity index (χ3n) is 2.96. The molecule has 2 amide bonds. The molecule has 0 saturated carbocycles. The van der Waals surface area contributed by atoms with Crippen LogP contribution in [-0.4, -0.2) is 38.6 Å². The van der Waals surface area contributed by atoms with Crippen molar-refractivity contribution in [1.82, 2.24) is 25.5 Å². The van der Waals surface area contributed by atoms with Crippen molar-refractivity contribution in [3.63, 3.8) is 0 Å². The third kappa shape index (κ3) is 3.87. The number of tetrazole rings is 1. The number of benzene rings is 1. The highest BCUT2D eigenvalue weighted by Crippen LogP contribution is 2.11. The van der Waals surface area contributed by atoms with Gasteiger partial charge >= 0.3 is 0 Å². The van der Waals surface area contributed by atoms with E-state index in [1.807, 2.05) is 13.8 Å². The minimum absolute atomic E-state index is 0.0293. The summed E-state index contributed by atoms with van der Waals surface area (Å²) in [7, 11) is 0. The lowest BCUT2D eigenvalue weighted by atomic mass is 10.2. The molecule has 1 aromatic carbocycles. The average Bonchev–Trinajstić information content (AvgIpc) is 2.94. The predicted molar refractivity (Wildman–Crippen MR) is 80.3 cm³/mol. The Balaban J connectivity index is 2.02. The molecule has 0 atom stereocenters. The fourth-order valence-electron chi connectivity index (χ4n) is 1.94. The molecule has 0 bridgehead atoms. The van der Waals surface area contributed by atoms with Gasteiger partial charge in [-0.25, -0.2) is 4.68 Å². The third-order valence-corrected chi connectivity index (χ3v) is 2.96. The fourth-order valence-corrected chi connectivity index (χ4v) is 1.94. The number of amides is 2. The minimum atomic E-state index is -0.255. The maximum atomic E-state index is 12.0. The molecule has 116 valence electrons. The van der Waals surface area contributed by atoms with Gasteiger partial charge in [0.25, 0.3) is 5.91 Å². The number of carbonyl (C=O) groups excluding carboxylic acids is 2. The van der Waals surface area contributed by atoms with Gasteiger partial charge in [-0.15, -0.1) is 5.10 Å². The van der Waals surface area contributed by atoms with Crippen LogP contribution in [0.3, 0.4) is 0 Å². The first kappa shape index (κ1) is 15.6. The minimum Gasteiger partial charge on any atom is -0.352 e. The van der Waals surface area contributed by atoms with Gasteiger partial charge in [0.1, 0.15) is 6.54 Å². The van der Waals surface area contributed by atoms with Gasteiger partial charge in [0.05, 0.1) is 0 Å². The van der Waals surface area contributed by atoms with Gasteiger partial charge in [-0.2, -0.15) is 0 Å². The van der Waals surface area contributed by atoms with Gasteiger partial charge < -0.3 is 10.6 Å². The van der Waals surface area contributed by atoms with Crippen LogP contribution in [0.4, 0.5) is 5.69 Å². The van der Waals surface area contributed by atoms with E-state index < -0.39 is 0 Å². The molecule has 0 aliphatic rings. The molecule has 0 unspecified atom stereocenters. The van der Waals surface area contributed by atoms with Crippen LogP contribution in [-0.2, 0) is 17.8 Å². The molecule has 0 fully saturated rings. The van der Waals surface area contributed by atoms with Crippen molar-refractivity contribution >= 4 is 17.5 Å². The van der Waals surface area contributed by atoms with Crippen LogP contribution in [0.5, 0.6) is 0 Å². The predicted octanol–water partition coefficient (Wildman–Crippen LogP) is 0.624. The van der Waals surface area contributed by atoms with E-state index in [9.17, 15) is 9.59 Å². The van der Waals surface area contributed by atoms with Crippen molar-refractivity contribution in [2.45, 2.75) is 26.8 Å². The lowest BCUT2D eigenvalue weighted by Gasteiger charge is -2.08. The highest BCUT2D eigenvalue weighted by atomic mass is 16.2. The van der Waals surface area contributed by atoms with E-state index in [-0.39, 0.29) is 18.4 Å². The summed E-state index contributed by atoms with van der Waals surface area (Å²) < 4.78 is 1.45. The second-order valence-electron chi connectivity index (χ2n) is 4.59. The van der Waals surface area contributed by atoms with E-state index >= 15 is 0 Å². The van der Waals surface area contributed by atoms with Crippen LogP contribution in [0.15, 0.2) is 24.3 Å². The Labute approximate surface area is 127 Å². The Kier molecular flexibility index (Phi) is 5.18. The molecule has 8 nitrogen and oxygen atoms in total. The van der Waals surface area contributed by atoms with Crippen LogP contribution in [0.1, 0.15) is 30.0 Å². The molecule has 1 aromatic heterocycles. The lowest BCUT2D eigenvalue weighted by Crippen LogP contribution is -2.23. The molecular formula is C14H18N6O2. The van der Waals surface area contributed by atoms with Crippen molar-refractivity contribution in [2.24, 2.45) is 0 Å². The van der Waals surface area contributed by atoms with Crippen LogP contribution in [0.2, 0.25) is 0 Å². The van der Waals surface area contributed by atoms with Crippen molar-refractivity contribution in [1.29, 1.82) is 0 Å². The number of nitrogens with one attached hydrogen (secondary N) is 2. The van der Waals surface area contributed by atoms with Gasteiger partial charge in [0.2, 0.25) is 5.91 Å². The standard InChI is InChI=1S/C14H18N6O2/c1-3-12-17-18-19-20(12)9-13(21)16-11-7-5-6-10(8-11)14(22)15-4-2/h5-8H,3-4,9H2,1-2H3,(H,15,22)(H,16,21). The highest BCUT2D eigenvalue weighted by Gasteiger charge is 2.10. The summed E-state index contributed by atoms with van der Waals surface area (Å²) in [6, 6.07) is 6.76. The van der Waals surface area contributed by atoms with Crippen molar-refractivity contribution in [2.75, 3.05) is 11.9 Å². The smallest absolute Gasteiger partial charge is 0.251 e. The quantitative estimate of drug-likeness (QED) is 0.814. The number of anilines is 1. The van der Waals surface area contributed by atoms with Gasteiger partial charge in [0, 0.05) is 24.2 Å². The zero-order valence-electron chi connectivity index (χ0n) is 12.5. The topological polar surface area (TPSA) is 102 Å². The van der Waals surface area contributed by atoms with Gasteiger partial charge in [-0.05, 0) is 35.5 Å². The summed E-state index contributed by atoms with van der Waals surface area (Å²) in [4.78, 5) is 23.8. The molecule has 22 heavy (non-hydrogen) atoms. The summed E-state index contributed by atoms with van der Waals surface area (Å²) >= 11 is 0. The van der Waals surface area contributed by atoms with Crippen molar-refractivity contribution < 1.29 is 9.59 Å². The summed E-state index contributed by atoms with van der Waals surface area (Å²) in [6.45, 7) is 4.34. The molecule has 0 aliphatic carbocycles. The van der Waals surface area contributed by atoms with E-state index in [4.69, 9.17) is 0 Å². The SMILES string of the molecule is CCNC(=O)c1cccc(NC(=O)Cn2nnnc2CC)c1. The second kappa shape index (κ2) is 7.30. The zero-order valence-corrected chi connectivity index (χ0v) is 12.5. The first-order valence-electron chi connectivity index (χ1n) is 7.07. The largest absolute Gasteiger partial charge is 0.352 e. The van der Waals surface area contributed by atoms with Crippen LogP contribution in [0, 0.1) is 0 Å². The molecule has 0 saturated heterocycles. The van der Waals surface area contributed by atoms with Gasteiger partial charge in [-0.3, -0.25) is 9.59 Å². The Morgan fingerprint density at radius 2 is 2.09 bits per heavy atom. The molecular weight excluding hydrogens is 284 g/mol. The lowest BCUT2D eigenvalue weighted by molar-refractivity contribution is -0.117. The molecule has 0 aliphatic heterocycles. The second-order valence-corrected chi connectivity index (χ2v) is 4.59.